The van der Waals surface area contributed by atoms with Gasteiger partial charge in [-0.15, -0.1) is 0 Å². The molecule has 0 atom stereocenters. The zero-order valence-corrected chi connectivity index (χ0v) is 16.2. The van der Waals surface area contributed by atoms with E-state index in [0.29, 0.717) is 28.0 Å². The number of hydrogen-bond acceptors (Lipinski definition) is 2. The first kappa shape index (κ1) is 18.4. The number of aromatic nitrogens is 1. The summed E-state index contributed by atoms with van der Waals surface area (Å²) in [5, 5.41) is 5.05. The van der Waals surface area contributed by atoms with Crippen LogP contribution in [-0.4, -0.2) is 10.7 Å². The summed E-state index contributed by atoms with van der Waals surface area (Å²) in [5.41, 5.74) is 2.44. The van der Waals surface area contributed by atoms with Crippen LogP contribution >= 0.6 is 23.2 Å². The van der Waals surface area contributed by atoms with E-state index in [9.17, 15) is 4.79 Å². The molecule has 28 heavy (non-hydrogen) atoms. The number of benzene rings is 3. The number of rotatable bonds is 4. The topological polar surface area (TPSA) is 43.3 Å². The third-order valence-electron chi connectivity index (χ3n) is 4.36. The Kier molecular flexibility index (Phi) is 5.24. The second-order valence-electron chi connectivity index (χ2n) is 6.25. The maximum atomic E-state index is 12.1. The number of carbonyl (C=O) groups is 1. The molecule has 6 heteroatoms. The number of nitrogens with one attached hydrogen (secondary N) is 1. The summed E-state index contributed by atoms with van der Waals surface area (Å²) in [6.45, 7) is 0.528. The predicted molar refractivity (Wildman–Crippen MR) is 114 cm³/mol. The lowest BCUT2D eigenvalue weighted by Crippen LogP contribution is -2.16. The molecule has 0 radical (unpaired) electrons. The Balaban J connectivity index is 1.57. The van der Waals surface area contributed by atoms with Crippen molar-refractivity contribution in [3.63, 3.8) is 0 Å². The van der Waals surface area contributed by atoms with Crippen molar-refractivity contribution in [3.8, 4) is 5.75 Å². The Morgan fingerprint density at radius 2 is 1.68 bits per heavy atom. The number of hydrogen-bond donors (Lipinski definition) is 1. The largest absolute Gasteiger partial charge is 0.417 e. The Morgan fingerprint density at radius 3 is 2.43 bits per heavy atom. The van der Waals surface area contributed by atoms with Gasteiger partial charge >= 0.3 is 6.09 Å². The van der Waals surface area contributed by atoms with Gasteiger partial charge in [0.15, 0.2) is 0 Å². The van der Waals surface area contributed by atoms with Gasteiger partial charge in [0.2, 0.25) is 0 Å². The van der Waals surface area contributed by atoms with E-state index in [1.807, 2.05) is 59.3 Å². The first-order valence-corrected chi connectivity index (χ1v) is 9.41. The van der Waals surface area contributed by atoms with Crippen molar-refractivity contribution < 1.29 is 9.53 Å². The number of fused-ring (bicyclic) bond motifs is 1. The van der Waals surface area contributed by atoms with Crippen molar-refractivity contribution in [1.29, 1.82) is 0 Å². The summed E-state index contributed by atoms with van der Waals surface area (Å²) in [7, 11) is 0. The summed E-state index contributed by atoms with van der Waals surface area (Å²) in [6, 6.07) is 22.1. The fourth-order valence-electron chi connectivity index (χ4n) is 2.99. The second kappa shape index (κ2) is 7.97. The van der Waals surface area contributed by atoms with Gasteiger partial charge in [0.25, 0.3) is 0 Å². The predicted octanol–water partition coefficient (Wildman–Crippen LogP) is 6.61. The quantitative estimate of drug-likeness (QED) is 0.411. The van der Waals surface area contributed by atoms with Gasteiger partial charge < -0.3 is 9.30 Å². The zero-order chi connectivity index (χ0) is 19.5. The first-order chi connectivity index (χ1) is 13.6. The molecule has 1 amide bonds. The molecule has 1 heterocycles. The molecule has 0 saturated carbocycles. The van der Waals surface area contributed by atoms with Gasteiger partial charge in [0, 0.05) is 27.5 Å². The zero-order valence-electron chi connectivity index (χ0n) is 14.7. The van der Waals surface area contributed by atoms with Crippen molar-refractivity contribution in [1.82, 2.24) is 4.57 Å². The lowest BCUT2D eigenvalue weighted by Gasteiger charge is -2.11. The van der Waals surface area contributed by atoms with Gasteiger partial charge in [-0.25, -0.2) is 4.79 Å². The van der Waals surface area contributed by atoms with Crippen LogP contribution in [0.4, 0.5) is 10.5 Å². The van der Waals surface area contributed by atoms with Gasteiger partial charge in [-0.2, -0.15) is 0 Å². The van der Waals surface area contributed by atoms with Gasteiger partial charge in [-0.1, -0.05) is 53.5 Å². The van der Waals surface area contributed by atoms with Crippen LogP contribution in [-0.2, 0) is 6.54 Å². The van der Waals surface area contributed by atoms with Crippen LogP contribution in [0.5, 0.6) is 5.75 Å². The number of para-hydroxylation sites is 1. The molecule has 0 aliphatic carbocycles. The van der Waals surface area contributed by atoms with E-state index in [-0.39, 0.29) is 0 Å². The highest BCUT2D eigenvalue weighted by Crippen LogP contribution is 2.28. The Bertz CT molecular complexity index is 1120. The number of ether oxygens (including phenoxy) is 1. The maximum Gasteiger partial charge on any atom is 0.417 e. The third kappa shape index (κ3) is 3.98. The van der Waals surface area contributed by atoms with Crippen LogP contribution < -0.4 is 10.1 Å². The fourth-order valence-corrected chi connectivity index (χ4v) is 3.51. The average Bonchev–Trinajstić information content (AvgIpc) is 3.08. The first-order valence-electron chi connectivity index (χ1n) is 8.66. The van der Waals surface area contributed by atoms with E-state index in [4.69, 9.17) is 27.9 Å². The molecular formula is C22H16Cl2N2O2. The van der Waals surface area contributed by atoms with E-state index in [1.54, 1.807) is 24.3 Å². The number of carbonyl (C=O) groups excluding carboxylic acids is 1. The number of amides is 1. The third-order valence-corrected chi connectivity index (χ3v) is 5.07. The number of nitrogens with zero attached hydrogens (tertiary/aromatic N) is 1. The van der Waals surface area contributed by atoms with E-state index in [1.165, 1.54) is 0 Å². The highest BCUT2D eigenvalue weighted by atomic mass is 35.5. The standard InChI is InChI=1S/C22H16Cl2N2O2/c23-19-7-4-8-20(24)18(19)14-26-12-11-15-9-10-16(13-21(15)26)25-22(27)28-17-5-2-1-3-6-17/h1-13H,14H2,(H,25,27). The molecule has 0 aliphatic rings. The monoisotopic (exact) mass is 410 g/mol. The molecule has 0 bridgehead atoms. The lowest BCUT2D eigenvalue weighted by molar-refractivity contribution is 0.215. The molecule has 1 aromatic heterocycles. The maximum absolute atomic E-state index is 12.1. The van der Waals surface area contributed by atoms with Crippen LogP contribution in [0.2, 0.25) is 10.0 Å². The van der Waals surface area contributed by atoms with Crippen molar-refractivity contribution in [3.05, 3.63) is 94.6 Å². The Hall–Kier alpha value is -2.95. The van der Waals surface area contributed by atoms with Crippen molar-refractivity contribution >= 4 is 45.9 Å². The summed E-state index contributed by atoms with van der Waals surface area (Å²) < 4.78 is 7.32. The van der Waals surface area contributed by atoms with E-state index in [0.717, 1.165) is 16.5 Å². The van der Waals surface area contributed by atoms with Gasteiger partial charge in [-0.05, 0) is 47.9 Å². The van der Waals surface area contributed by atoms with Crippen LogP contribution in [0.25, 0.3) is 10.9 Å². The Morgan fingerprint density at radius 1 is 0.929 bits per heavy atom. The second-order valence-corrected chi connectivity index (χ2v) is 7.06. The minimum absolute atomic E-state index is 0.484. The van der Waals surface area contributed by atoms with E-state index < -0.39 is 6.09 Å². The molecule has 0 unspecified atom stereocenters. The van der Waals surface area contributed by atoms with Crippen LogP contribution in [0.1, 0.15) is 5.56 Å². The minimum atomic E-state index is -0.544. The van der Waals surface area contributed by atoms with Crippen LogP contribution in [0, 0.1) is 0 Å². The molecular weight excluding hydrogens is 395 g/mol. The molecule has 4 aromatic rings. The van der Waals surface area contributed by atoms with Gasteiger partial charge in [0.1, 0.15) is 5.75 Å². The lowest BCUT2D eigenvalue weighted by atomic mass is 10.2. The van der Waals surface area contributed by atoms with Crippen molar-refractivity contribution in [2.75, 3.05) is 5.32 Å². The Labute approximate surface area is 172 Å². The summed E-state index contributed by atoms with van der Waals surface area (Å²) >= 11 is 12.6. The summed E-state index contributed by atoms with van der Waals surface area (Å²) in [5.74, 6) is 0.484. The van der Waals surface area contributed by atoms with E-state index >= 15 is 0 Å². The highest BCUT2D eigenvalue weighted by Gasteiger charge is 2.10. The highest BCUT2D eigenvalue weighted by molar-refractivity contribution is 6.36. The van der Waals surface area contributed by atoms with Crippen LogP contribution in [0.3, 0.4) is 0 Å². The van der Waals surface area contributed by atoms with Gasteiger partial charge in [0.05, 0.1) is 12.1 Å². The van der Waals surface area contributed by atoms with Crippen molar-refractivity contribution in [2.45, 2.75) is 6.54 Å². The SMILES string of the molecule is O=C(Nc1ccc2ccn(Cc3c(Cl)cccc3Cl)c2c1)Oc1ccccc1. The van der Waals surface area contributed by atoms with Crippen molar-refractivity contribution in [2.24, 2.45) is 0 Å². The molecule has 140 valence electrons. The number of halogens is 2. The molecule has 1 N–H and O–H groups in total. The van der Waals surface area contributed by atoms with E-state index in [2.05, 4.69) is 5.32 Å². The fraction of sp³-hybridized carbons (Fsp3) is 0.0455. The molecule has 0 saturated heterocycles. The molecule has 0 spiro atoms. The van der Waals surface area contributed by atoms with Gasteiger partial charge in [-0.3, -0.25) is 5.32 Å². The molecule has 0 fully saturated rings. The molecule has 0 aliphatic heterocycles. The molecule has 4 rings (SSSR count). The molecule has 4 nitrogen and oxygen atoms in total. The minimum Gasteiger partial charge on any atom is -0.410 e. The number of anilines is 1. The summed E-state index contributed by atoms with van der Waals surface area (Å²) in [6.07, 6.45) is 1.42. The molecule has 3 aromatic carbocycles. The smallest absolute Gasteiger partial charge is 0.410 e. The summed E-state index contributed by atoms with van der Waals surface area (Å²) in [4.78, 5) is 12.1. The normalized spacial score (nSPS) is 10.8. The average molecular weight is 411 g/mol. The van der Waals surface area contributed by atoms with Crippen LogP contribution in [0.15, 0.2) is 79.0 Å².